The minimum Gasteiger partial charge on any atom is -0.365 e. The average Bonchev–Trinajstić information content (AvgIpc) is 3.38. The summed E-state index contributed by atoms with van der Waals surface area (Å²) in [6.45, 7) is 0.431. The topological polar surface area (TPSA) is 59.2 Å². The molecule has 1 amide bonds. The van der Waals surface area contributed by atoms with Crippen LogP contribution < -0.4 is 10.6 Å². The Bertz CT molecular complexity index is 643. The Labute approximate surface area is 134 Å². The van der Waals surface area contributed by atoms with Crippen molar-refractivity contribution in [2.75, 3.05) is 18.0 Å². The molecule has 4 rings (SSSR count). The highest BCUT2D eigenvalue weighted by molar-refractivity contribution is 5.98. The van der Waals surface area contributed by atoms with E-state index in [4.69, 9.17) is 10.7 Å². The standard InChI is InChI=1S/C17H21F2N3O/c18-17(19)5-7-22(8-6-17)16-13(15(20)23)9-12(10-1-2-10)14(21-16)11-3-4-11/h9-11H,1-8H2,(H2,20,23). The maximum atomic E-state index is 13.4. The molecule has 0 aromatic carbocycles. The van der Waals surface area contributed by atoms with Crippen LogP contribution in [0.1, 0.15) is 72.0 Å². The fourth-order valence-corrected chi connectivity index (χ4v) is 3.41. The van der Waals surface area contributed by atoms with E-state index in [9.17, 15) is 13.6 Å². The second-order valence-electron chi connectivity index (χ2n) is 7.09. The molecule has 1 saturated heterocycles. The van der Waals surface area contributed by atoms with Gasteiger partial charge in [-0.25, -0.2) is 13.8 Å². The number of primary amides is 1. The third-order valence-electron chi connectivity index (χ3n) is 5.10. The van der Waals surface area contributed by atoms with E-state index in [1.54, 1.807) is 4.90 Å². The minimum absolute atomic E-state index is 0.198. The van der Waals surface area contributed by atoms with Gasteiger partial charge in [0, 0.05) is 37.5 Å². The van der Waals surface area contributed by atoms with E-state index >= 15 is 0 Å². The van der Waals surface area contributed by atoms with E-state index in [0.717, 1.165) is 36.9 Å². The van der Waals surface area contributed by atoms with Gasteiger partial charge in [0.05, 0.1) is 5.56 Å². The van der Waals surface area contributed by atoms with Crippen molar-refractivity contribution in [3.63, 3.8) is 0 Å². The van der Waals surface area contributed by atoms with E-state index in [-0.39, 0.29) is 25.9 Å². The van der Waals surface area contributed by atoms with E-state index in [0.29, 0.717) is 23.2 Å². The SMILES string of the molecule is NC(=O)c1cc(C2CC2)c(C2CC2)nc1N1CCC(F)(F)CC1. The van der Waals surface area contributed by atoms with Crippen LogP contribution in [0.5, 0.6) is 0 Å². The zero-order valence-electron chi connectivity index (χ0n) is 13.0. The summed E-state index contributed by atoms with van der Waals surface area (Å²) in [7, 11) is 0. The molecule has 23 heavy (non-hydrogen) atoms. The molecule has 0 unspecified atom stereocenters. The third kappa shape index (κ3) is 2.91. The summed E-state index contributed by atoms with van der Waals surface area (Å²) < 4.78 is 26.8. The molecule has 0 radical (unpaired) electrons. The van der Waals surface area contributed by atoms with Gasteiger partial charge in [-0.15, -0.1) is 0 Å². The Morgan fingerprint density at radius 1 is 1.17 bits per heavy atom. The first-order chi connectivity index (χ1) is 10.9. The van der Waals surface area contributed by atoms with E-state index in [2.05, 4.69) is 0 Å². The lowest BCUT2D eigenvalue weighted by molar-refractivity contribution is -0.0221. The van der Waals surface area contributed by atoms with Crippen molar-refractivity contribution in [2.45, 2.75) is 56.3 Å². The van der Waals surface area contributed by atoms with Crippen molar-refractivity contribution in [3.05, 3.63) is 22.9 Å². The van der Waals surface area contributed by atoms with Crippen LogP contribution in [0.25, 0.3) is 0 Å². The number of pyridine rings is 1. The largest absolute Gasteiger partial charge is 0.365 e. The average molecular weight is 321 g/mol. The van der Waals surface area contributed by atoms with E-state index < -0.39 is 11.8 Å². The maximum Gasteiger partial charge on any atom is 0.252 e. The number of hydrogen-bond donors (Lipinski definition) is 1. The molecule has 0 bridgehead atoms. The highest BCUT2D eigenvalue weighted by Gasteiger charge is 2.38. The second kappa shape index (κ2) is 5.14. The number of piperidine rings is 1. The molecule has 3 fully saturated rings. The first-order valence-electron chi connectivity index (χ1n) is 8.42. The smallest absolute Gasteiger partial charge is 0.252 e. The number of aromatic nitrogens is 1. The second-order valence-corrected chi connectivity index (χ2v) is 7.09. The number of anilines is 1. The Morgan fingerprint density at radius 3 is 2.30 bits per heavy atom. The molecule has 2 saturated carbocycles. The summed E-state index contributed by atoms with van der Waals surface area (Å²) in [4.78, 5) is 18.5. The van der Waals surface area contributed by atoms with Crippen molar-refractivity contribution >= 4 is 11.7 Å². The summed E-state index contributed by atoms with van der Waals surface area (Å²) in [6, 6.07) is 1.89. The molecule has 2 N–H and O–H groups in total. The zero-order valence-corrected chi connectivity index (χ0v) is 13.0. The summed E-state index contributed by atoms with van der Waals surface area (Å²) in [5.41, 5.74) is 8.18. The Kier molecular flexibility index (Phi) is 3.32. The molecule has 1 aliphatic heterocycles. The number of amides is 1. The van der Waals surface area contributed by atoms with E-state index in [1.807, 2.05) is 6.07 Å². The van der Waals surface area contributed by atoms with Crippen LogP contribution in [0.3, 0.4) is 0 Å². The first kappa shape index (κ1) is 14.8. The van der Waals surface area contributed by atoms with E-state index in [1.165, 1.54) is 0 Å². The fourth-order valence-electron chi connectivity index (χ4n) is 3.41. The van der Waals surface area contributed by atoms with Crippen molar-refractivity contribution in [3.8, 4) is 0 Å². The van der Waals surface area contributed by atoms with Gasteiger partial charge in [0.15, 0.2) is 0 Å². The molecule has 124 valence electrons. The molecule has 2 aliphatic carbocycles. The predicted octanol–water partition coefficient (Wildman–Crippen LogP) is 3.17. The van der Waals surface area contributed by atoms with Crippen molar-refractivity contribution in [1.29, 1.82) is 0 Å². The number of carbonyl (C=O) groups is 1. The zero-order chi connectivity index (χ0) is 16.2. The molecule has 4 nitrogen and oxygen atoms in total. The Morgan fingerprint density at radius 2 is 1.78 bits per heavy atom. The number of hydrogen-bond acceptors (Lipinski definition) is 3. The predicted molar refractivity (Wildman–Crippen MR) is 83.1 cm³/mol. The van der Waals surface area contributed by atoms with Crippen LogP contribution in [-0.2, 0) is 0 Å². The summed E-state index contributed by atoms with van der Waals surface area (Å²) in [6.07, 6.45) is 4.12. The lowest BCUT2D eigenvalue weighted by Gasteiger charge is -2.33. The van der Waals surface area contributed by atoms with Crippen molar-refractivity contribution in [1.82, 2.24) is 4.98 Å². The molecule has 1 aromatic rings. The number of alkyl halides is 2. The highest BCUT2D eigenvalue weighted by atomic mass is 19.3. The molecule has 1 aromatic heterocycles. The maximum absolute atomic E-state index is 13.4. The normalized spacial score (nSPS) is 23.8. The van der Waals surface area contributed by atoms with Gasteiger partial charge in [-0.2, -0.15) is 0 Å². The Balaban J connectivity index is 1.72. The summed E-state index contributed by atoms with van der Waals surface area (Å²) in [5.74, 6) is -1.65. The summed E-state index contributed by atoms with van der Waals surface area (Å²) in [5, 5.41) is 0. The van der Waals surface area contributed by atoms with Gasteiger partial charge in [0.1, 0.15) is 5.82 Å². The molecular formula is C17H21F2N3O. The summed E-state index contributed by atoms with van der Waals surface area (Å²) >= 11 is 0. The Hall–Kier alpha value is -1.72. The molecule has 0 spiro atoms. The van der Waals surface area contributed by atoms with Gasteiger partial charge in [0.25, 0.3) is 11.8 Å². The monoisotopic (exact) mass is 321 g/mol. The van der Waals surface area contributed by atoms with Gasteiger partial charge in [-0.3, -0.25) is 4.79 Å². The fraction of sp³-hybridized carbons (Fsp3) is 0.647. The molecular weight excluding hydrogens is 300 g/mol. The minimum atomic E-state index is -2.61. The first-order valence-corrected chi connectivity index (χ1v) is 8.42. The quantitative estimate of drug-likeness (QED) is 0.926. The van der Waals surface area contributed by atoms with Crippen LogP contribution in [-0.4, -0.2) is 29.9 Å². The molecule has 3 aliphatic rings. The van der Waals surface area contributed by atoms with Crippen LogP contribution in [0.4, 0.5) is 14.6 Å². The van der Waals surface area contributed by atoms with Crippen LogP contribution in [0.15, 0.2) is 6.07 Å². The highest BCUT2D eigenvalue weighted by Crippen LogP contribution is 2.49. The van der Waals surface area contributed by atoms with Gasteiger partial charge in [-0.1, -0.05) is 0 Å². The lowest BCUT2D eigenvalue weighted by Crippen LogP contribution is -2.41. The molecule has 2 heterocycles. The molecule has 6 heteroatoms. The van der Waals surface area contributed by atoms with Gasteiger partial charge < -0.3 is 10.6 Å². The van der Waals surface area contributed by atoms with Gasteiger partial charge in [-0.05, 0) is 43.2 Å². The van der Waals surface area contributed by atoms with Crippen molar-refractivity contribution < 1.29 is 13.6 Å². The van der Waals surface area contributed by atoms with Crippen LogP contribution in [0, 0.1) is 0 Å². The van der Waals surface area contributed by atoms with Crippen LogP contribution >= 0.6 is 0 Å². The number of nitrogens with two attached hydrogens (primary N) is 1. The van der Waals surface area contributed by atoms with Crippen LogP contribution in [0.2, 0.25) is 0 Å². The molecule has 0 atom stereocenters. The lowest BCUT2D eigenvalue weighted by atomic mass is 10.0. The number of nitrogens with zero attached hydrogens (tertiary/aromatic N) is 2. The van der Waals surface area contributed by atoms with Crippen molar-refractivity contribution in [2.24, 2.45) is 5.73 Å². The van der Waals surface area contributed by atoms with Gasteiger partial charge >= 0.3 is 0 Å². The third-order valence-corrected chi connectivity index (χ3v) is 5.10. The number of halogens is 2. The van der Waals surface area contributed by atoms with Gasteiger partial charge in [0.2, 0.25) is 0 Å². The number of carbonyl (C=O) groups excluding carboxylic acids is 1. The number of rotatable bonds is 4.